The van der Waals surface area contributed by atoms with Crippen LogP contribution in [0.3, 0.4) is 0 Å². The first-order chi connectivity index (χ1) is 11.2. The standard InChI is InChI=1S/C21H30N2O/c1-8-19-17(7)23(22-13(2)3)21(24)16(6)20(19)12-18-10-14(4)9-15(5)11-18/h9-11,13,22H,8,12H2,1-7H3. The molecule has 24 heavy (non-hydrogen) atoms. The molecule has 0 aliphatic heterocycles. The van der Waals surface area contributed by atoms with Crippen molar-refractivity contribution in [3.8, 4) is 0 Å². The molecule has 130 valence electrons. The van der Waals surface area contributed by atoms with E-state index in [1.54, 1.807) is 4.68 Å². The SMILES string of the molecule is CCc1c(Cc2cc(C)cc(C)c2)c(C)c(=O)n(NC(C)C)c1C. The van der Waals surface area contributed by atoms with E-state index in [9.17, 15) is 4.79 Å². The molecule has 0 aliphatic carbocycles. The zero-order chi connectivity index (χ0) is 18.0. The first-order valence-electron chi connectivity index (χ1n) is 8.82. The fourth-order valence-electron chi connectivity index (χ4n) is 3.53. The zero-order valence-corrected chi connectivity index (χ0v) is 16.1. The van der Waals surface area contributed by atoms with E-state index in [2.05, 4.69) is 58.2 Å². The van der Waals surface area contributed by atoms with Gasteiger partial charge in [0, 0.05) is 17.3 Å². The topological polar surface area (TPSA) is 34.0 Å². The zero-order valence-electron chi connectivity index (χ0n) is 16.1. The van der Waals surface area contributed by atoms with Crippen LogP contribution in [0.4, 0.5) is 0 Å². The molecule has 3 nitrogen and oxygen atoms in total. The van der Waals surface area contributed by atoms with Gasteiger partial charge in [-0.2, -0.15) is 0 Å². The second-order valence-corrected chi connectivity index (χ2v) is 7.12. The highest BCUT2D eigenvalue weighted by Gasteiger charge is 2.17. The molecular formula is C21H30N2O. The Kier molecular flexibility index (Phi) is 5.53. The van der Waals surface area contributed by atoms with Gasteiger partial charge in [0.1, 0.15) is 0 Å². The van der Waals surface area contributed by atoms with Gasteiger partial charge in [0.15, 0.2) is 0 Å². The summed E-state index contributed by atoms with van der Waals surface area (Å²) in [7, 11) is 0. The molecule has 0 saturated carbocycles. The van der Waals surface area contributed by atoms with Gasteiger partial charge in [-0.05, 0) is 71.1 Å². The van der Waals surface area contributed by atoms with E-state index in [1.165, 1.54) is 27.8 Å². The molecule has 0 amide bonds. The van der Waals surface area contributed by atoms with Crippen LogP contribution in [-0.4, -0.2) is 10.7 Å². The van der Waals surface area contributed by atoms with Gasteiger partial charge in [0.25, 0.3) is 5.56 Å². The molecule has 0 fully saturated rings. The van der Waals surface area contributed by atoms with Gasteiger partial charge in [0.2, 0.25) is 0 Å². The molecule has 0 aliphatic rings. The predicted molar refractivity (Wildman–Crippen MR) is 103 cm³/mol. The summed E-state index contributed by atoms with van der Waals surface area (Å²) in [6.07, 6.45) is 1.74. The molecule has 0 spiro atoms. The first kappa shape index (κ1) is 18.3. The summed E-state index contributed by atoms with van der Waals surface area (Å²) in [6, 6.07) is 6.85. The molecule has 0 saturated heterocycles. The van der Waals surface area contributed by atoms with Crippen molar-refractivity contribution in [3.63, 3.8) is 0 Å². The summed E-state index contributed by atoms with van der Waals surface area (Å²) in [4.78, 5) is 12.8. The van der Waals surface area contributed by atoms with Crippen molar-refractivity contribution < 1.29 is 0 Å². The number of hydrogen-bond acceptors (Lipinski definition) is 2. The van der Waals surface area contributed by atoms with Crippen molar-refractivity contribution in [2.45, 2.75) is 67.3 Å². The van der Waals surface area contributed by atoms with Crippen LogP contribution in [0.1, 0.15) is 59.8 Å². The van der Waals surface area contributed by atoms with Crippen molar-refractivity contribution in [2.75, 3.05) is 5.43 Å². The van der Waals surface area contributed by atoms with E-state index in [0.29, 0.717) is 0 Å². The fraction of sp³-hybridized carbons (Fsp3) is 0.476. The lowest BCUT2D eigenvalue weighted by Crippen LogP contribution is -2.37. The van der Waals surface area contributed by atoms with Gasteiger partial charge >= 0.3 is 0 Å². The Balaban J connectivity index is 2.59. The predicted octanol–water partition coefficient (Wildman–Crippen LogP) is 4.19. The molecule has 0 atom stereocenters. The minimum absolute atomic E-state index is 0.0674. The summed E-state index contributed by atoms with van der Waals surface area (Å²) >= 11 is 0. The third kappa shape index (κ3) is 3.72. The molecule has 1 heterocycles. The fourth-order valence-corrected chi connectivity index (χ4v) is 3.53. The minimum Gasteiger partial charge on any atom is -0.320 e. The quantitative estimate of drug-likeness (QED) is 0.894. The Bertz CT molecular complexity index is 780. The molecule has 2 aromatic rings. The second kappa shape index (κ2) is 7.25. The second-order valence-electron chi connectivity index (χ2n) is 7.12. The normalized spacial score (nSPS) is 11.2. The largest absolute Gasteiger partial charge is 0.320 e. The third-order valence-electron chi connectivity index (χ3n) is 4.52. The van der Waals surface area contributed by atoms with E-state index in [-0.39, 0.29) is 11.6 Å². The number of aromatic nitrogens is 1. The van der Waals surface area contributed by atoms with E-state index < -0.39 is 0 Å². The van der Waals surface area contributed by atoms with Crippen LogP contribution in [0.5, 0.6) is 0 Å². The highest BCUT2D eigenvalue weighted by Crippen LogP contribution is 2.21. The lowest BCUT2D eigenvalue weighted by Gasteiger charge is -2.22. The van der Waals surface area contributed by atoms with E-state index in [4.69, 9.17) is 0 Å². The molecule has 1 aromatic heterocycles. The van der Waals surface area contributed by atoms with Crippen molar-refractivity contribution >= 4 is 0 Å². The maximum absolute atomic E-state index is 12.8. The monoisotopic (exact) mass is 326 g/mol. The van der Waals surface area contributed by atoms with Crippen LogP contribution in [0.25, 0.3) is 0 Å². The Morgan fingerprint density at radius 1 is 1.00 bits per heavy atom. The van der Waals surface area contributed by atoms with E-state index >= 15 is 0 Å². The Hall–Kier alpha value is -2.03. The summed E-state index contributed by atoms with van der Waals surface area (Å²) in [5, 5.41) is 0. The van der Waals surface area contributed by atoms with Gasteiger partial charge in [-0.25, -0.2) is 4.68 Å². The Morgan fingerprint density at radius 3 is 2.08 bits per heavy atom. The Morgan fingerprint density at radius 2 is 1.58 bits per heavy atom. The summed E-state index contributed by atoms with van der Waals surface area (Å²) < 4.78 is 1.73. The summed E-state index contributed by atoms with van der Waals surface area (Å²) in [6.45, 7) is 14.5. The third-order valence-corrected chi connectivity index (χ3v) is 4.52. The maximum Gasteiger partial charge on any atom is 0.272 e. The molecule has 0 radical (unpaired) electrons. The van der Waals surface area contributed by atoms with E-state index in [0.717, 1.165) is 24.1 Å². The average Bonchev–Trinajstić information content (AvgIpc) is 2.48. The number of nitrogens with one attached hydrogen (secondary N) is 1. The number of nitrogens with zero attached hydrogens (tertiary/aromatic N) is 1. The van der Waals surface area contributed by atoms with Crippen LogP contribution in [0, 0.1) is 27.7 Å². The highest BCUT2D eigenvalue weighted by atomic mass is 16.1. The summed E-state index contributed by atoms with van der Waals surface area (Å²) in [5.74, 6) is 0. The van der Waals surface area contributed by atoms with Crippen molar-refractivity contribution in [3.05, 3.63) is 67.6 Å². The molecular weight excluding hydrogens is 296 g/mol. The molecule has 1 aromatic carbocycles. The highest BCUT2D eigenvalue weighted by molar-refractivity contribution is 5.42. The number of pyridine rings is 1. The Labute approximate surface area is 145 Å². The lowest BCUT2D eigenvalue weighted by molar-refractivity contribution is 0.682. The first-order valence-corrected chi connectivity index (χ1v) is 8.82. The van der Waals surface area contributed by atoms with Gasteiger partial charge in [-0.15, -0.1) is 0 Å². The smallest absolute Gasteiger partial charge is 0.272 e. The number of benzene rings is 1. The average molecular weight is 326 g/mol. The molecule has 1 N–H and O–H groups in total. The number of rotatable bonds is 5. The van der Waals surface area contributed by atoms with Gasteiger partial charge in [-0.3, -0.25) is 4.79 Å². The van der Waals surface area contributed by atoms with Crippen LogP contribution < -0.4 is 11.0 Å². The number of hydrogen-bond donors (Lipinski definition) is 1. The molecule has 0 bridgehead atoms. The van der Waals surface area contributed by atoms with Crippen molar-refractivity contribution in [1.29, 1.82) is 0 Å². The van der Waals surface area contributed by atoms with Crippen molar-refractivity contribution in [1.82, 2.24) is 4.68 Å². The molecule has 3 heteroatoms. The lowest BCUT2D eigenvalue weighted by atomic mass is 9.92. The molecule has 0 unspecified atom stereocenters. The van der Waals surface area contributed by atoms with Crippen LogP contribution in [-0.2, 0) is 12.8 Å². The molecule has 2 rings (SSSR count). The number of aryl methyl sites for hydroxylation is 2. The summed E-state index contributed by atoms with van der Waals surface area (Å²) in [5.41, 5.74) is 11.5. The van der Waals surface area contributed by atoms with Crippen LogP contribution >= 0.6 is 0 Å². The van der Waals surface area contributed by atoms with Crippen LogP contribution in [0.2, 0.25) is 0 Å². The maximum atomic E-state index is 12.8. The van der Waals surface area contributed by atoms with Gasteiger partial charge < -0.3 is 5.43 Å². The van der Waals surface area contributed by atoms with Gasteiger partial charge in [0.05, 0.1) is 0 Å². The van der Waals surface area contributed by atoms with E-state index in [1.807, 2.05) is 13.8 Å². The van der Waals surface area contributed by atoms with Crippen LogP contribution in [0.15, 0.2) is 23.0 Å². The minimum atomic E-state index is 0.0674. The van der Waals surface area contributed by atoms with Gasteiger partial charge in [-0.1, -0.05) is 36.2 Å². The van der Waals surface area contributed by atoms with Crippen molar-refractivity contribution in [2.24, 2.45) is 0 Å².